The van der Waals surface area contributed by atoms with Crippen LogP contribution in [0.4, 0.5) is 4.39 Å². The van der Waals surface area contributed by atoms with Crippen molar-refractivity contribution < 1.29 is 32.0 Å². The molecule has 1 aromatic rings. The van der Waals surface area contributed by atoms with Crippen LogP contribution in [0, 0.1) is 34.4 Å². The van der Waals surface area contributed by atoms with Crippen LogP contribution in [0.5, 0.6) is 0 Å². The first-order valence-corrected chi connectivity index (χ1v) is 14.9. The van der Waals surface area contributed by atoms with Crippen molar-refractivity contribution in [3.8, 4) is 0 Å². The number of halogens is 1. The predicted molar refractivity (Wildman–Crippen MR) is 143 cm³/mol. The van der Waals surface area contributed by atoms with E-state index in [4.69, 9.17) is 5.73 Å². The molecular formula is C27H38FN5O6S. The van der Waals surface area contributed by atoms with Crippen molar-refractivity contribution in [2.45, 2.75) is 70.5 Å². The Kier molecular flexibility index (Phi) is 7.78. The van der Waals surface area contributed by atoms with Gasteiger partial charge in [0.1, 0.15) is 23.9 Å². The molecule has 0 radical (unpaired) electrons. The van der Waals surface area contributed by atoms with Crippen molar-refractivity contribution in [3.63, 3.8) is 0 Å². The first kappa shape index (κ1) is 29.9. The minimum absolute atomic E-state index is 0.00848. The number of amides is 4. The number of carbonyl (C=O) groups excluding carboxylic acids is 4. The number of hydrogen-bond acceptors (Lipinski definition) is 6. The summed E-state index contributed by atoms with van der Waals surface area (Å²) in [5.41, 5.74) is 4.44. The van der Waals surface area contributed by atoms with E-state index in [1.807, 2.05) is 13.8 Å². The molecule has 2 aliphatic heterocycles. The van der Waals surface area contributed by atoms with Crippen LogP contribution in [0.2, 0.25) is 0 Å². The van der Waals surface area contributed by atoms with E-state index in [0.717, 1.165) is 24.3 Å². The van der Waals surface area contributed by atoms with Crippen LogP contribution in [0.1, 0.15) is 47.5 Å². The van der Waals surface area contributed by atoms with E-state index in [1.54, 1.807) is 20.8 Å². The molecule has 1 saturated carbocycles. The van der Waals surface area contributed by atoms with Crippen LogP contribution in [0.15, 0.2) is 29.2 Å². The molecule has 3 fully saturated rings. The second kappa shape index (κ2) is 10.4. The summed E-state index contributed by atoms with van der Waals surface area (Å²) in [4.78, 5) is 53.2. The summed E-state index contributed by atoms with van der Waals surface area (Å²) >= 11 is 0. The van der Waals surface area contributed by atoms with E-state index in [9.17, 15) is 32.0 Å². The highest BCUT2D eigenvalue weighted by Gasteiger charge is 2.70. The molecule has 1 aliphatic carbocycles. The van der Waals surface area contributed by atoms with Crippen molar-refractivity contribution in [2.24, 2.45) is 34.3 Å². The number of carbonyl (C=O) groups is 4. The number of benzene rings is 1. The number of rotatable bonds is 9. The van der Waals surface area contributed by atoms with E-state index in [0.29, 0.717) is 13.0 Å². The zero-order chi connectivity index (χ0) is 29.8. The molecule has 13 heteroatoms. The third kappa shape index (κ3) is 5.71. The average Bonchev–Trinajstić information content (AvgIpc) is 3.19. The number of piperidine rings is 1. The second-order valence-electron chi connectivity index (χ2n) is 12.7. The number of nitrogens with zero attached hydrogens (tertiary/aromatic N) is 1. The summed E-state index contributed by atoms with van der Waals surface area (Å²) in [6, 6.07) is 0.960. The highest BCUT2D eigenvalue weighted by atomic mass is 32.2. The number of likely N-dealkylation sites (tertiary alicyclic amines) is 1. The van der Waals surface area contributed by atoms with Crippen LogP contribution in [0.3, 0.4) is 0 Å². The van der Waals surface area contributed by atoms with Gasteiger partial charge in [-0.1, -0.05) is 34.6 Å². The maximum Gasteiger partial charge on any atom is 0.243 e. The number of hydrogen-bond donors (Lipinski definition) is 4. The standard InChI is InChI=1S/C27H38FN5O6S/c1-26(2,3)21(32-40(38,39)16-8-6-15(28)7-9-16)25(37)33-13-17-19(27(17,4)5)20(33)24(36)31-18(22(29)34)12-14-10-11-30-23(14)35/h6-9,14,17-21,32H,10-13H2,1-5H3,(H2,29,34)(H,30,35)(H,31,36)/t14-,17-,18?,19-,20-,21?/m0/s1. The van der Waals surface area contributed by atoms with Gasteiger partial charge in [0.15, 0.2) is 0 Å². The molecule has 0 spiro atoms. The van der Waals surface area contributed by atoms with Crippen molar-refractivity contribution in [1.82, 2.24) is 20.3 Å². The maximum absolute atomic E-state index is 14.0. The van der Waals surface area contributed by atoms with Crippen LogP contribution < -0.4 is 21.1 Å². The minimum atomic E-state index is -4.21. The molecule has 2 heterocycles. The molecule has 5 N–H and O–H groups in total. The molecule has 2 unspecified atom stereocenters. The van der Waals surface area contributed by atoms with Crippen molar-refractivity contribution in [3.05, 3.63) is 30.1 Å². The fourth-order valence-corrected chi connectivity index (χ4v) is 7.47. The summed E-state index contributed by atoms with van der Waals surface area (Å²) in [6.07, 6.45) is 0.568. The Labute approximate surface area is 233 Å². The zero-order valence-electron chi connectivity index (χ0n) is 23.4. The molecule has 4 amide bonds. The molecule has 3 aliphatic rings. The van der Waals surface area contributed by atoms with Gasteiger partial charge in [-0.25, -0.2) is 12.8 Å². The maximum atomic E-state index is 14.0. The Balaban J connectivity index is 1.58. The Morgan fingerprint density at radius 2 is 1.82 bits per heavy atom. The highest BCUT2D eigenvalue weighted by molar-refractivity contribution is 7.89. The molecule has 40 heavy (non-hydrogen) atoms. The first-order chi connectivity index (χ1) is 18.4. The van der Waals surface area contributed by atoms with Crippen molar-refractivity contribution in [1.29, 1.82) is 0 Å². The molecule has 4 rings (SSSR count). The van der Waals surface area contributed by atoms with Gasteiger partial charge in [0.05, 0.1) is 4.90 Å². The molecule has 11 nitrogen and oxygen atoms in total. The molecule has 6 atom stereocenters. The van der Waals surface area contributed by atoms with Gasteiger partial charge in [0.2, 0.25) is 33.7 Å². The van der Waals surface area contributed by atoms with Crippen molar-refractivity contribution >= 4 is 33.7 Å². The first-order valence-electron chi connectivity index (χ1n) is 13.4. The van der Waals surface area contributed by atoms with E-state index in [-0.39, 0.29) is 41.0 Å². The van der Waals surface area contributed by atoms with E-state index in [1.165, 1.54) is 4.90 Å². The van der Waals surface area contributed by atoms with Gasteiger partial charge in [0.25, 0.3) is 0 Å². The average molecular weight is 580 g/mol. The summed E-state index contributed by atoms with van der Waals surface area (Å²) in [6.45, 7) is 9.82. The Bertz CT molecular complexity index is 1310. The Hall–Kier alpha value is -3.06. The number of fused-ring (bicyclic) bond motifs is 1. The fourth-order valence-electron chi connectivity index (χ4n) is 6.07. The predicted octanol–water partition coefficient (Wildman–Crippen LogP) is 0.498. The molecule has 2 saturated heterocycles. The molecule has 0 bridgehead atoms. The lowest BCUT2D eigenvalue weighted by Gasteiger charge is -2.37. The van der Waals surface area contributed by atoms with Gasteiger partial charge in [0, 0.05) is 19.0 Å². The van der Waals surface area contributed by atoms with Crippen molar-refractivity contribution in [2.75, 3.05) is 13.1 Å². The smallest absolute Gasteiger partial charge is 0.243 e. The SMILES string of the molecule is CC(C)(C)C(NS(=O)(=O)c1ccc(F)cc1)C(=O)N1C[C@H]2[C@@H]([C@H]1C(=O)NC(C[C@@H]1CCNC1=O)C(N)=O)C2(C)C. The van der Waals surface area contributed by atoms with E-state index >= 15 is 0 Å². The second-order valence-corrected chi connectivity index (χ2v) is 14.5. The summed E-state index contributed by atoms with van der Waals surface area (Å²) in [7, 11) is -4.21. The quantitative estimate of drug-likeness (QED) is 0.332. The van der Waals surface area contributed by atoms with E-state index in [2.05, 4.69) is 15.4 Å². The highest BCUT2D eigenvalue weighted by Crippen LogP contribution is 2.65. The molecule has 220 valence electrons. The zero-order valence-corrected chi connectivity index (χ0v) is 24.2. The van der Waals surface area contributed by atoms with Gasteiger partial charge in [-0.3, -0.25) is 19.2 Å². The lowest BCUT2D eigenvalue weighted by Crippen LogP contribution is -2.60. The lowest BCUT2D eigenvalue weighted by molar-refractivity contribution is -0.144. The summed E-state index contributed by atoms with van der Waals surface area (Å²) in [5, 5.41) is 5.38. The minimum Gasteiger partial charge on any atom is -0.368 e. The van der Waals surface area contributed by atoms with Crippen LogP contribution >= 0.6 is 0 Å². The third-order valence-electron chi connectivity index (χ3n) is 8.61. The molecule has 0 aromatic heterocycles. The van der Waals surface area contributed by atoms with Gasteiger partial charge >= 0.3 is 0 Å². The normalized spacial score (nSPS) is 26.9. The largest absolute Gasteiger partial charge is 0.368 e. The lowest BCUT2D eigenvalue weighted by atomic mass is 9.86. The van der Waals surface area contributed by atoms with Gasteiger partial charge in [-0.15, -0.1) is 0 Å². The number of nitrogens with two attached hydrogens (primary N) is 1. The summed E-state index contributed by atoms with van der Waals surface area (Å²) < 4.78 is 42.2. The van der Waals surface area contributed by atoms with Gasteiger partial charge in [-0.05, 0) is 59.8 Å². The summed E-state index contributed by atoms with van der Waals surface area (Å²) in [5.74, 6) is -3.38. The van der Waals surface area contributed by atoms with Crippen LogP contribution in [0.25, 0.3) is 0 Å². The Morgan fingerprint density at radius 3 is 2.35 bits per heavy atom. The Morgan fingerprint density at radius 1 is 1.20 bits per heavy atom. The molecular weight excluding hydrogens is 541 g/mol. The van der Waals surface area contributed by atoms with Gasteiger partial charge < -0.3 is 21.3 Å². The van der Waals surface area contributed by atoms with Crippen LogP contribution in [-0.4, -0.2) is 68.2 Å². The number of nitrogens with one attached hydrogen (secondary N) is 3. The van der Waals surface area contributed by atoms with Crippen LogP contribution in [-0.2, 0) is 29.2 Å². The number of sulfonamides is 1. The van der Waals surface area contributed by atoms with Gasteiger partial charge in [-0.2, -0.15) is 4.72 Å². The third-order valence-corrected chi connectivity index (χ3v) is 10.1. The number of primary amides is 1. The monoisotopic (exact) mass is 579 g/mol. The van der Waals surface area contributed by atoms with E-state index < -0.39 is 63.0 Å². The molecule has 1 aromatic carbocycles. The fraction of sp³-hybridized carbons (Fsp3) is 0.630. The topological polar surface area (TPSA) is 168 Å².